The third kappa shape index (κ3) is 3.91. The van der Waals surface area contributed by atoms with Gasteiger partial charge in [-0.2, -0.15) is 4.98 Å². The normalized spacial score (nSPS) is 10.6. The van der Waals surface area contributed by atoms with Crippen molar-refractivity contribution in [2.75, 3.05) is 0 Å². The van der Waals surface area contributed by atoms with Gasteiger partial charge in [0.15, 0.2) is 5.82 Å². The zero-order valence-corrected chi connectivity index (χ0v) is 10.8. The third-order valence-corrected chi connectivity index (χ3v) is 2.90. The highest BCUT2D eigenvalue weighted by Crippen LogP contribution is 2.12. The molecule has 0 saturated carbocycles. The summed E-state index contributed by atoms with van der Waals surface area (Å²) in [6.45, 7) is 2.04. The first kappa shape index (κ1) is 13.3. The Morgan fingerprint density at radius 3 is 2.89 bits per heavy atom. The molecule has 0 unspecified atom stereocenters. The maximum atomic E-state index is 10.4. The van der Waals surface area contributed by atoms with Gasteiger partial charge in [-0.15, -0.1) is 0 Å². The molecule has 0 atom stereocenters. The Morgan fingerprint density at radius 1 is 1.37 bits per heavy atom. The molecular weight excluding hydrogens is 244 g/mol. The Hall–Kier alpha value is -2.17. The van der Waals surface area contributed by atoms with E-state index in [-0.39, 0.29) is 6.42 Å². The minimum atomic E-state index is -0.806. The van der Waals surface area contributed by atoms with Crippen LogP contribution in [0.4, 0.5) is 0 Å². The van der Waals surface area contributed by atoms with Crippen LogP contribution in [-0.2, 0) is 17.6 Å². The first-order valence-corrected chi connectivity index (χ1v) is 6.23. The first-order chi connectivity index (χ1) is 9.15. The number of carbonyl (C=O) groups is 1. The van der Waals surface area contributed by atoms with Crippen LogP contribution >= 0.6 is 0 Å². The molecule has 1 aromatic carbocycles. The summed E-state index contributed by atoms with van der Waals surface area (Å²) in [5.74, 6) is 0.337. The van der Waals surface area contributed by atoms with Crippen LogP contribution in [0.2, 0.25) is 0 Å². The molecule has 1 heterocycles. The highest BCUT2D eigenvalue weighted by atomic mass is 16.5. The highest BCUT2D eigenvalue weighted by Gasteiger charge is 2.09. The summed E-state index contributed by atoms with van der Waals surface area (Å²) in [5.41, 5.74) is 2.36. The van der Waals surface area contributed by atoms with Crippen molar-refractivity contribution in [1.82, 2.24) is 10.1 Å². The summed E-state index contributed by atoms with van der Waals surface area (Å²) < 4.78 is 5.10. The van der Waals surface area contributed by atoms with Crippen molar-refractivity contribution in [2.24, 2.45) is 0 Å². The second-order valence-corrected chi connectivity index (χ2v) is 4.45. The molecule has 5 nitrogen and oxygen atoms in total. The lowest BCUT2D eigenvalue weighted by molar-refractivity contribution is -0.137. The van der Waals surface area contributed by atoms with Crippen LogP contribution in [0.15, 0.2) is 28.8 Å². The van der Waals surface area contributed by atoms with Crippen LogP contribution in [0.1, 0.15) is 35.7 Å². The fourth-order valence-electron chi connectivity index (χ4n) is 1.83. The van der Waals surface area contributed by atoms with Gasteiger partial charge in [0.2, 0.25) is 5.89 Å². The van der Waals surface area contributed by atoms with E-state index in [0.29, 0.717) is 31.0 Å². The van der Waals surface area contributed by atoms with Gasteiger partial charge >= 0.3 is 5.97 Å². The summed E-state index contributed by atoms with van der Waals surface area (Å²) >= 11 is 0. The molecule has 0 spiro atoms. The van der Waals surface area contributed by atoms with Gasteiger partial charge < -0.3 is 9.63 Å². The SMILES string of the molecule is Cc1ccccc1Cc1noc(CCCC(=O)O)n1. The summed E-state index contributed by atoms with van der Waals surface area (Å²) in [5, 5.41) is 12.5. The van der Waals surface area contributed by atoms with Gasteiger partial charge in [-0.1, -0.05) is 29.4 Å². The van der Waals surface area contributed by atoms with E-state index in [1.807, 2.05) is 31.2 Å². The zero-order valence-electron chi connectivity index (χ0n) is 10.8. The molecule has 0 aliphatic heterocycles. The Balaban J connectivity index is 1.94. The summed E-state index contributed by atoms with van der Waals surface area (Å²) in [6.07, 6.45) is 1.78. The highest BCUT2D eigenvalue weighted by molar-refractivity contribution is 5.66. The average Bonchev–Trinajstić information content (AvgIpc) is 2.79. The van der Waals surface area contributed by atoms with Crippen molar-refractivity contribution < 1.29 is 14.4 Å². The number of hydrogen-bond donors (Lipinski definition) is 1. The fourth-order valence-corrected chi connectivity index (χ4v) is 1.83. The van der Waals surface area contributed by atoms with E-state index in [4.69, 9.17) is 9.63 Å². The molecular formula is C14H16N2O3. The van der Waals surface area contributed by atoms with Crippen molar-refractivity contribution in [3.63, 3.8) is 0 Å². The maximum absolute atomic E-state index is 10.4. The number of aliphatic carboxylic acids is 1. The quantitative estimate of drug-likeness (QED) is 0.862. The molecule has 0 aliphatic rings. The van der Waals surface area contributed by atoms with Crippen molar-refractivity contribution in [3.8, 4) is 0 Å². The van der Waals surface area contributed by atoms with E-state index in [0.717, 1.165) is 0 Å². The van der Waals surface area contributed by atoms with Crippen LogP contribution in [0.3, 0.4) is 0 Å². The van der Waals surface area contributed by atoms with Crippen molar-refractivity contribution >= 4 is 5.97 Å². The number of carboxylic acids is 1. The van der Waals surface area contributed by atoms with Gasteiger partial charge in [0.05, 0.1) is 0 Å². The Morgan fingerprint density at radius 2 is 2.16 bits per heavy atom. The van der Waals surface area contributed by atoms with E-state index < -0.39 is 5.97 Å². The predicted octanol–water partition coefficient (Wildman–Crippen LogP) is 2.38. The Bertz CT molecular complexity index is 563. The van der Waals surface area contributed by atoms with Gasteiger partial charge in [-0.3, -0.25) is 4.79 Å². The topological polar surface area (TPSA) is 76.2 Å². The van der Waals surface area contributed by atoms with Crippen molar-refractivity contribution in [3.05, 3.63) is 47.1 Å². The molecule has 19 heavy (non-hydrogen) atoms. The number of rotatable bonds is 6. The molecule has 0 amide bonds. The summed E-state index contributed by atoms with van der Waals surface area (Å²) in [7, 11) is 0. The monoisotopic (exact) mass is 260 g/mol. The van der Waals surface area contributed by atoms with E-state index in [1.165, 1.54) is 11.1 Å². The van der Waals surface area contributed by atoms with Crippen LogP contribution in [0.5, 0.6) is 0 Å². The second kappa shape index (κ2) is 6.13. The fraction of sp³-hybridized carbons (Fsp3) is 0.357. The minimum Gasteiger partial charge on any atom is -0.481 e. The van der Waals surface area contributed by atoms with Crippen molar-refractivity contribution in [1.29, 1.82) is 0 Å². The van der Waals surface area contributed by atoms with Crippen LogP contribution in [0.25, 0.3) is 0 Å². The van der Waals surface area contributed by atoms with E-state index >= 15 is 0 Å². The maximum Gasteiger partial charge on any atom is 0.303 e. The number of benzene rings is 1. The van der Waals surface area contributed by atoms with Gasteiger partial charge in [0.25, 0.3) is 0 Å². The third-order valence-electron chi connectivity index (χ3n) is 2.90. The zero-order chi connectivity index (χ0) is 13.7. The molecule has 0 saturated heterocycles. The van der Waals surface area contributed by atoms with Gasteiger partial charge in [0.1, 0.15) is 0 Å². The van der Waals surface area contributed by atoms with Gasteiger partial charge in [-0.05, 0) is 24.5 Å². The summed E-state index contributed by atoms with van der Waals surface area (Å²) in [4.78, 5) is 14.7. The first-order valence-electron chi connectivity index (χ1n) is 6.23. The number of nitrogens with zero attached hydrogens (tertiary/aromatic N) is 2. The van der Waals surface area contributed by atoms with E-state index in [9.17, 15) is 4.79 Å². The largest absolute Gasteiger partial charge is 0.481 e. The van der Waals surface area contributed by atoms with E-state index in [1.54, 1.807) is 0 Å². The predicted molar refractivity (Wildman–Crippen MR) is 68.9 cm³/mol. The molecule has 0 radical (unpaired) electrons. The minimum absolute atomic E-state index is 0.121. The molecule has 1 aromatic heterocycles. The van der Waals surface area contributed by atoms with Crippen LogP contribution in [0, 0.1) is 6.92 Å². The van der Waals surface area contributed by atoms with E-state index in [2.05, 4.69) is 10.1 Å². The molecule has 1 N–H and O–H groups in total. The molecule has 100 valence electrons. The molecule has 0 bridgehead atoms. The molecule has 2 aromatic rings. The van der Waals surface area contributed by atoms with Crippen LogP contribution in [-0.4, -0.2) is 21.2 Å². The molecule has 5 heteroatoms. The average molecular weight is 260 g/mol. The Kier molecular flexibility index (Phi) is 4.28. The lowest BCUT2D eigenvalue weighted by atomic mass is 10.1. The lowest BCUT2D eigenvalue weighted by Crippen LogP contribution is -1.97. The van der Waals surface area contributed by atoms with Crippen molar-refractivity contribution in [2.45, 2.75) is 32.6 Å². The van der Waals surface area contributed by atoms with Crippen LogP contribution < -0.4 is 0 Å². The number of hydrogen-bond acceptors (Lipinski definition) is 4. The molecule has 0 aliphatic carbocycles. The lowest BCUT2D eigenvalue weighted by Gasteiger charge is -2.00. The number of aryl methyl sites for hydroxylation is 2. The molecule has 0 fully saturated rings. The van der Waals surface area contributed by atoms with Gasteiger partial charge in [0, 0.05) is 19.3 Å². The second-order valence-electron chi connectivity index (χ2n) is 4.45. The number of aromatic nitrogens is 2. The molecule has 2 rings (SSSR count). The van der Waals surface area contributed by atoms with Gasteiger partial charge in [-0.25, -0.2) is 0 Å². The number of carboxylic acid groups (broad SMARTS) is 1. The smallest absolute Gasteiger partial charge is 0.303 e. The standard InChI is InChI=1S/C14H16N2O3/c1-10-5-2-3-6-11(10)9-12-15-13(19-16-12)7-4-8-14(17)18/h2-3,5-6H,4,7-9H2,1H3,(H,17,18). The summed E-state index contributed by atoms with van der Waals surface area (Å²) in [6, 6.07) is 8.06. The Labute approximate surface area is 111 Å².